The highest BCUT2D eigenvalue weighted by Gasteiger charge is 2.28. The molecule has 0 unspecified atom stereocenters. The first-order valence-corrected chi connectivity index (χ1v) is 9.41. The fourth-order valence-corrected chi connectivity index (χ4v) is 3.75. The van der Waals surface area contributed by atoms with Gasteiger partial charge < -0.3 is 9.64 Å². The zero-order valence-electron chi connectivity index (χ0n) is 14.3. The molecule has 0 aliphatic carbocycles. The third-order valence-electron chi connectivity index (χ3n) is 4.64. The second kappa shape index (κ2) is 8.17. The lowest BCUT2D eigenvalue weighted by molar-refractivity contribution is -0.928. The van der Waals surface area contributed by atoms with Crippen molar-refractivity contribution in [1.82, 2.24) is 9.13 Å². The van der Waals surface area contributed by atoms with Gasteiger partial charge in [0.05, 0.1) is 25.6 Å². The van der Waals surface area contributed by atoms with E-state index in [2.05, 4.69) is 4.57 Å². The second-order valence-corrected chi connectivity index (χ2v) is 7.14. The zero-order chi connectivity index (χ0) is 17.8. The molecule has 0 atom stereocenters. The van der Waals surface area contributed by atoms with Gasteiger partial charge in [-0.1, -0.05) is 17.7 Å². The van der Waals surface area contributed by atoms with Crippen molar-refractivity contribution < 1.29 is 14.4 Å². The minimum Gasteiger partial charge on any atom is -0.466 e. The molecule has 1 aromatic heterocycles. The fraction of sp³-hybridized carbons (Fsp3) is 0.444. The van der Waals surface area contributed by atoms with E-state index in [0.29, 0.717) is 11.6 Å². The van der Waals surface area contributed by atoms with Gasteiger partial charge in [0.25, 0.3) is 0 Å². The molecule has 5 nitrogen and oxygen atoms in total. The minimum absolute atomic E-state index is 0.0488. The molecule has 0 bridgehead atoms. The van der Waals surface area contributed by atoms with E-state index in [9.17, 15) is 4.79 Å². The van der Waals surface area contributed by atoms with E-state index in [-0.39, 0.29) is 11.9 Å². The first kappa shape index (κ1) is 18.2. The Bertz CT molecular complexity index is 794. The van der Waals surface area contributed by atoms with Gasteiger partial charge in [-0.2, -0.15) is 0 Å². The number of imidazole rings is 1. The topological polar surface area (TPSA) is 40.6 Å². The quantitative estimate of drug-likeness (QED) is 0.640. The summed E-state index contributed by atoms with van der Waals surface area (Å²) in [4.78, 5) is 13.3. The van der Waals surface area contributed by atoms with Crippen molar-refractivity contribution in [2.45, 2.75) is 26.4 Å². The van der Waals surface area contributed by atoms with Crippen molar-refractivity contribution >= 4 is 29.8 Å². The monoisotopic (exact) mass is 380 g/mol. The Morgan fingerprint density at radius 3 is 2.80 bits per heavy atom. The van der Waals surface area contributed by atoms with Crippen LogP contribution in [0.1, 0.15) is 19.8 Å². The van der Waals surface area contributed by atoms with Crippen LogP contribution in [0.15, 0.2) is 36.7 Å². The van der Waals surface area contributed by atoms with E-state index in [4.69, 9.17) is 28.6 Å². The highest BCUT2D eigenvalue weighted by atomic mass is 35.5. The number of esters is 1. The van der Waals surface area contributed by atoms with Crippen LogP contribution >= 0.6 is 23.8 Å². The fourth-order valence-electron chi connectivity index (χ4n) is 3.28. The summed E-state index contributed by atoms with van der Waals surface area (Å²) in [7, 11) is 0. The van der Waals surface area contributed by atoms with E-state index in [1.807, 2.05) is 48.1 Å². The van der Waals surface area contributed by atoms with Crippen LogP contribution in [0.2, 0.25) is 5.02 Å². The van der Waals surface area contributed by atoms with Crippen molar-refractivity contribution in [2.24, 2.45) is 5.92 Å². The maximum absolute atomic E-state index is 11.8. The van der Waals surface area contributed by atoms with E-state index in [1.54, 1.807) is 0 Å². The van der Waals surface area contributed by atoms with Gasteiger partial charge in [-0.3, -0.25) is 13.9 Å². The highest BCUT2D eigenvalue weighted by Crippen LogP contribution is 2.16. The molecule has 2 aromatic rings. The molecule has 0 amide bonds. The normalized spacial score (nSPS) is 20.4. The number of aromatic nitrogens is 2. The maximum atomic E-state index is 11.8. The summed E-state index contributed by atoms with van der Waals surface area (Å²) in [6, 6.07) is 7.66. The SMILES string of the molecule is CCOC(=O)C1CC[NH+](Cn2ccn(-c3cccc(Cl)c3)c2=S)CC1. The lowest BCUT2D eigenvalue weighted by Gasteiger charge is -2.28. The molecule has 1 aromatic carbocycles. The molecule has 1 N–H and O–H groups in total. The number of quaternary nitrogens is 1. The van der Waals surface area contributed by atoms with Gasteiger partial charge in [0.15, 0.2) is 11.4 Å². The first-order chi connectivity index (χ1) is 12.1. The molecule has 1 saturated heterocycles. The predicted molar refractivity (Wildman–Crippen MR) is 99.7 cm³/mol. The molecule has 0 saturated carbocycles. The molecule has 1 fully saturated rings. The number of likely N-dealkylation sites (tertiary alicyclic amines) is 1. The highest BCUT2D eigenvalue weighted by molar-refractivity contribution is 7.71. The third kappa shape index (κ3) is 4.32. The number of hydrogen-bond donors (Lipinski definition) is 1. The summed E-state index contributed by atoms with van der Waals surface area (Å²) < 4.78 is 9.93. The number of carbonyl (C=O) groups excluding carboxylic acids is 1. The Balaban J connectivity index is 1.64. The minimum atomic E-state index is -0.0507. The summed E-state index contributed by atoms with van der Waals surface area (Å²) >= 11 is 11.7. The smallest absolute Gasteiger partial charge is 0.309 e. The average Bonchev–Trinajstić information content (AvgIpc) is 2.96. The molecule has 1 aliphatic rings. The molecule has 1 aliphatic heterocycles. The van der Waals surface area contributed by atoms with Crippen molar-refractivity contribution in [3.63, 3.8) is 0 Å². The molecule has 7 heteroatoms. The number of rotatable bonds is 5. The number of nitrogens with zero attached hydrogens (tertiary/aromatic N) is 2. The van der Waals surface area contributed by atoms with E-state index in [1.165, 1.54) is 4.90 Å². The van der Waals surface area contributed by atoms with Crippen LogP contribution in [0.5, 0.6) is 0 Å². The van der Waals surface area contributed by atoms with Crippen LogP contribution in [0.3, 0.4) is 0 Å². The largest absolute Gasteiger partial charge is 0.466 e. The van der Waals surface area contributed by atoms with Crippen LogP contribution in [-0.2, 0) is 16.2 Å². The standard InChI is InChI=1S/C18H22ClN3O2S/c1-2-24-17(23)14-6-8-20(9-7-14)13-21-10-11-22(18(21)25)16-5-3-4-15(19)12-16/h3-5,10-12,14H,2,6-9,13H2,1H3/p+1. The summed E-state index contributed by atoms with van der Waals surface area (Å²) in [6.07, 6.45) is 5.72. The molecule has 134 valence electrons. The van der Waals surface area contributed by atoms with Gasteiger partial charge in [-0.05, 0) is 37.3 Å². The second-order valence-electron chi connectivity index (χ2n) is 6.33. The third-order valence-corrected chi connectivity index (χ3v) is 5.31. The number of nitrogens with one attached hydrogen (secondary N) is 1. The molecular weight excluding hydrogens is 358 g/mol. The zero-order valence-corrected chi connectivity index (χ0v) is 15.9. The van der Waals surface area contributed by atoms with Gasteiger partial charge in [0, 0.05) is 35.9 Å². The van der Waals surface area contributed by atoms with Crippen molar-refractivity contribution in [3.05, 3.63) is 46.5 Å². The number of ether oxygens (including phenoxy) is 1. The van der Waals surface area contributed by atoms with Gasteiger partial charge in [0.2, 0.25) is 0 Å². The summed E-state index contributed by atoms with van der Waals surface area (Å²) in [5, 5.41) is 0.693. The number of piperidine rings is 1. The van der Waals surface area contributed by atoms with Crippen molar-refractivity contribution in [2.75, 3.05) is 19.7 Å². The molecule has 0 radical (unpaired) electrons. The predicted octanol–water partition coefficient (Wildman–Crippen LogP) is 2.48. The van der Waals surface area contributed by atoms with Gasteiger partial charge in [0.1, 0.15) is 0 Å². The average molecular weight is 381 g/mol. The van der Waals surface area contributed by atoms with Gasteiger partial charge >= 0.3 is 5.97 Å². The molecule has 2 heterocycles. The van der Waals surface area contributed by atoms with E-state index >= 15 is 0 Å². The summed E-state index contributed by atoms with van der Waals surface area (Å²) in [6.45, 7) is 5.02. The summed E-state index contributed by atoms with van der Waals surface area (Å²) in [5.41, 5.74) is 0.965. The Morgan fingerprint density at radius 1 is 1.36 bits per heavy atom. The Labute approximate surface area is 157 Å². The lowest BCUT2D eigenvalue weighted by atomic mass is 9.97. The lowest BCUT2D eigenvalue weighted by Crippen LogP contribution is -3.12. The van der Waals surface area contributed by atoms with Crippen molar-refractivity contribution in [1.29, 1.82) is 0 Å². The van der Waals surface area contributed by atoms with E-state index in [0.717, 1.165) is 43.1 Å². The van der Waals surface area contributed by atoms with E-state index < -0.39 is 0 Å². The van der Waals surface area contributed by atoms with Gasteiger partial charge in [-0.15, -0.1) is 0 Å². The van der Waals surface area contributed by atoms with Crippen LogP contribution in [0, 0.1) is 10.7 Å². The molecule has 0 spiro atoms. The molecule has 25 heavy (non-hydrogen) atoms. The Kier molecular flexibility index (Phi) is 5.93. The number of benzene rings is 1. The first-order valence-electron chi connectivity index (χ1n) is 8.62. The number of hydrogen-bond acceptors (Lipinski definition) is 3. The number of carbonyl (C=O) groups is 1. The van der Waals surface area contributed by atoms with Crippen LogP contribution < -0.4 is 4.90 Å². The molecule has 3 rings (SSSR count). The van der Waals surface area contributed by atoms with Crippen LogP contribution in [0.25, 0.3) is 5.69 Å². The van der Waals surface area contributed by atoms with Crippen LogP contribution in [-0.4, -0.2) is 34.8 Å². The van der Waals surface area contributed by atoms with Gasteiger partial charge in [-0.25, -0.2) is 0 Å². The summed E-state index contributed by atoms with van der Waals surface area (Å²) in [5.74, 6) is -0.00185. The van der Waals surface area contributed by atoms with Crippen molar-refractivity contribution in [3.8, 4) is 5.69 Å². The Morgan fingerprint density at radius 2 is 2.12 bits per heavy atom. The van der Waals surface area contributed by atoms with Crippen LogP contribution in [0.4, 0.5) is 0 Å². The number of halogens is 1. The molecular formula is C18H23ClN3O2S+. The maximum Gasteiger partial charge on any atom is 0.309 e. The Hall–Kier alpha value is -1.63.